The van der Waals surface area contributed by atoms with Gasteiger partial charge in [-0.2, -0.15) is 0 Å². The van der Waals surface area contributed by atoms with Gasteiger partial charge in [-0.15, -0.1) is 10.2 Å². The maximum atomic E-state index is 12.6. The normalized spacial score (nSPS) is 15.7. The van der Waals surface area contributed by atoms with Gasteiger partial charge in [0, 0.05) is 13.1 Å². The summed E-state index contributed by atoms with van der Waals surface area (Å²) in [5.74, 6) is 2.33. The Balaban J connectivity index is 1.74. The van der Waals surface area contributed by atoms with Crippen LogP contribution in [-0.4, -0.2) is 38.8 Å². The molecule has 140 valence electrons. The Hall–Kier alpha value is -2.35. The van der Waals surface area contributed by atoms with Gasteiger partial charge in [-0.3, -0.25) is 4.72 Å². The van der Waals surface area contributed by atoms with Crippen LogP contribution < -0.4 is 14.4 Å². The van der Waals surface area contributed by atoms with E-state index in [1.165, 1.54) is 6.07 Å². The number of piperidine rings is 1. The molecule has 1 aliphatic rings. The summed E-state index contributed by atoms with van der Waals surface area (Å²) >= 11 is 0. The van der Waals surface area contributed by atoms with Crippen LogP contribution in [0.3, 0.4) is 0 Å². The molecule has 0 saturated carbocycles. The average Bonchev–Trinajstić information content (AvgIpc) is 2.62. The summed E-state index contributed by atoms with van der Waals surface area (Å²) < 4.78 is 32.8. The SMILES string of the molecule is COc1ccc(S(=O)(=O)Nc2ccc(N3CCC(C)CC3)nn2)c(C)c1. The summed E-state index contributed by atoms with van der Waals surface area (Å²) in [5.41, 5.74) is 0.601. The molecule has 1 aromatic heterocycles. The Bertz CT molecular complexity index is 861. The van der Waals surface area contributed by atoms with Crippen LogP contribution in [0.25, 0.3) is 0 Å². The smallest absolute Gasteiger partial charge is 0.263 e. The molecule has 2 aromatic rings. The highest BCUT2D eigenvalue weighted by molar-refractivity contribution is 7.92. The van der Waals surface area contributed by atoms with E-state index >= 15 is 0 Å². The van der Waals surface area contributed by atoms with Crippen LogP contribution in [0.15, 0.2) is 35.2 Å². The van der Waals surface area contributed by atoms with Crippen molar-refractivity contribution in [2.75, 3.05) is 29.8 Å². The van der Waals surface area contributed by atoms with Crippen molar-refractivity contribution in [3.05, 3.63) is 35.9 Å². The molecule has 1 aromatic carbocycles. The molecule has 0 atom stereocenters. The van der Waals surface area contributed by atoms with Gasteiger partial charge in [0.2, 0.25) is 0 Å². The summed E-state index contributed by atoms with van der Waals surface area (Å²) in [5, 5.41) is 8.22. The minimum atomic E-state index is -3.74. The molecule has 0 radical (unpaired) electrons. The van der Waals surface area contributed by atoms with E-state index in [1.54, 1.807) is 32.2 Å². The predicted molar refractivity (Wildman–Crippen MR) is 101 cm³/mol. The van der Waals surface area contributed by atoms with Gasteiger partial charge < -0.3 is 9.64 Å². The fourth-order valence-electron chi connectivity index (χ4n) is 3.03. The quantitative estimate of drug-likeness (QED) is 0.864. The molecule has 1 aliphatic heterocycles. The number of rotatable bonds is 5. The highest BCUT2D eigenvalue weighted by Gasteiger charge is 2.20. The van der Waals surface area contributed by atoms with Gasteiger partial charge in [0.25, 0.3) is 10.0 Å². The third-order valence-corrected chi connectivity index (χ3v) is 6.18. The number of aromatic nitrogens is 2. The summed E-state index contributed by atoms with van der Waals surface area (Å²) in [6, 6.07) is 8.28. The van der Waals surface area contributed by atoms with Crippen molar-refractivity contribution >= 4 is 21.7 Å². The van der Waals surface area contributed by atoms with Gasteiger partial charge in [-0.1, -0.05) is 6.92 Å². The Morgan fingerprint density at radius 2 is 1.88 bits per heavy atom. The number of nitrogens with zero attached hydrogens (tertiary/aromatic N) is 3. The van der Waals surface area contributed by atoms with E-state index in [2.05, 4.69) is 26.7 Å². The zero-order chi connectivity index (χ0) is 18.7. The fraction of sp³-hybridized carbons (Fsp3) is 0.444. The van der Waals surface area contributed by atoms with Crippen molar-refractivity contribution in [1.82, 2.24) is 10.2 Å². The molecule has 26 heavy (non-hydrogen) atoms. The van der Waals surface area contributed by atoms with E-state index < -0.39 is 10.0 Å². The van der Waals surface area contributed by atoms with Gasteiger partial charge in [-0.25, -0.2) is 8.42 Å². The van der Waals surface area contributed by atoms with Crippen LogP contribution in [0.4, 0.5) is 11.6 Å². The zero-order valence-electron chi connectivity index (χ0n) is 15.3. The van der Waals surface area contributed by atoms with Crippen molar-refractivity contribution in [3.63, 3.8) is 0 Å². The lowest BCUT2D eigenvalue weighted by Gasteiger charge is -2.30. The Kier molecular flexibility index (Phi) is 5.31. The van der Waals surface area contributed by atoms with Crippen LogP contribution in [0, 0.1) is 12.8 Å². The molecule has 0 unspecified atom stereocenters. The molecule has 0 amide bonds. The third-order valence-electron chi connectivity index (χ3n) is 4.67. The van der Waals surface area contributed by atoms with Gasteiger partial charge >= 0.3 is 0 Å². The van der Waals surface area contributed by atoms with E-state index in [0.717, 1.165) is 37.7 Å². The van der Waals surface area contributed by atoms with Crippen LogP contribution in [0.5, 0.6) is 5.75 Å². The van der Waals surface area contributed by atoms with Crippen LogP contribution >= 0.6 is 0 Å². The Labute approximate surface area is 154 Å². The number of methoxy groups -OCH3 is 1. The number of sulfonamides is 1. The standard InChI is InChI=1S/C18H24N4O3S/c1-13-8-10-22(11-9-13)18-7-6-17(19-20-18)21-26(23,24)16-5-4-15(25-3)12-14(16)2/h4-7,12-13H,8-11H2,1-3H3,(H,19,21). The lowest BCUT2D eigenvalue weighted by molar-refractivity contribution is 0.414. The average molecular weight is 376 g/mol. The molecule has 0 spiro atoms. The monoisotopic (exact) mass is 376 g/mol. The van der Waals surface area contributed by atoms with Gasteiger partial charge in [0.1, 0.15) is 5.75 Å². The molecule has 8 heteroatoms. The van der Waals surface area contributed by atoms with E-state index in [9.17, 15) is 8.42 Å². The second-order valence-electron chi connectivity index (χ2n) is 6.68. The number of benzene rings is 1. The third kappa shape index (κ3) is 4.07. The van der Waals surface area contributed by atoms with Crippen molar-refractivity contribution in [3.8, 4) is 5.75 Å². The number of hydrogen-bond donors (Lipinski definition) is 1. The first-order valence-corrected chi connectivity index (χ1v) is 10.1. The topological polar surface area (TPSA) is 84.4 Å². The summed E-state index contributed by atoms with van der Waals surface area (Å²) in [4.78, 5) is 2.37. The molecule has 0 bridgehead atoms. The molecular formula is C18H24N4O3S. The molecule has 7 nitrogen and oxygen atoms in total. The Morgan fingerprint density at radius 3 is 2.46 bits per heavy atom. The summed E-state index contributed by atoms with van der Waals surface area (Å²) in [6.45, 7) is 5.88. The fourth-order valence-corrected chi connectivity index (χ4v) is 4.25. The van der Waals surface area contributed by atoms with Crippen LogP contribution in [-0.2, 0) is 10.0 Å². The van der Waals surface area contributed by atoms with Gasteiger partial charge in [0.15, 0.2) is 11.6 Å². The summed E-state index contributed by atoms with van der Waals surface area (Å²) in [7, 11) is -2.19. The maximum Gasteiger partial charge on any atom is 0.263 e. The van der Waals surface area contributed by atoms with E-state index in [0.29, 0.717) is 11.3 Å². The molecule has 1 fully saturated rings. The second-order valence-corrected chi connectivity index (χ2v) is 8.33. The molecule has 3 rings (SSSR count). The first-order chi connectivity index (χ1) is 12.4. The number of ether oxygens (including phenoxy) is 1. The highest BCUT2D eigenvalue weighted by Crippen LogP contribution is 2.24. The van der Waals surface area contributed by atoms with E-state index in [-0.39, 0.29) is 10.7 Å². The number of anilines is 2. The number of hydrogen-bond acceptors (Lipinski definition) is 6. The molecule has 1 saturated heterocycles. The molecule has 1 N–H and O–H groups in total. The lowest BCUT2D eigenvalue weighted by Crippen LogP contribution is -2.33. The van der Waals surface area contributed by atoms with Crippen molar-refractivity contribution in [1.29, 1.82) is 0 Å². The van der Waals surface area contributed by atoms with Gasteiger partial charge in [0.05, 0.1) is 12.0 Å². The zero-order valence-corrected chi connectivity index (χ0v) is 16.1. The number of aryl methyl sites for hydroxylation is 1. The highest BCUT2D eigenvalue weighted by atomic mass is 32.2. The van der Waals surface area contributed by atoms with Crippen LogP contribution in [0.1, 0.15) is 25.3 Å². The minimum Gasteiger partial charge on any atom is -0.497 e. The van der Waals surface area contributed by atoms with E-state index in [1.807, 2.05) is 6.07 Å². The summed E-state index contributed by atoms with van der Waals surface area (Å²) in [6.07, 6.45) is 2.26. The van der Waals surface area contributed by atoms with Crippen molar-refractivity contribution < 1.29 is 13.2 Å². The first-order valence-electron chi connectivity index (χ1n) is 8.65. The predicted octanol–water partition coefficient (Wildman–Crippen LogP) is 2.83. The largest absolute Gasteiger partial charge is 0.497 e. The van der Waals surface area contributed by atoms with E-state index in [4.69, 9.17) is 4.74 Å². The van der Waals surface area contributed by atoms with Crippen molar-refractivity contribution in [2.45, 2.75) is 31.6 Å². The van der Waals surface area contributed by atoms with Crippen molar-refractivity contribution in [2.24, 2.45) is 5.92 Å². The van der Waals surface area contributed by atoms with Gasteiger partial charge in [-0.05, 0) is 61.6 Å². The lowest BCUT2D eigenvalue weighted by atomic mass is 9.99. The molecule has 2 heterocycles. The first kappa shape index (κ1) is 18.4. The molecule has 0 aliphatic carbocycles. The Morgan fingerprint density at radius 1 is 1.15 bits per heavy atom. The maximum absolute atomic E-state index is 12.6. The minimum absolute atomic E-state index is 0.189. The second kappa shape index (κ2) is 7.49. The number of nitrogens with one attached hydrogen (secondary N) is 1. The molecular weight excluding hydrogens is 352 g/mol. The van der Waals surface area contributed by atoms with Crippen LogP contribution in [0.2, 0.25) is 0 Å².